The number of fused-ring (bicyclic) bond motifs is 1. The number of ether oxygens (including phenoxy) is 1. The second-order valence-corrected chi connectivity index (χ2v) is 7.29. The Morgan fingerprint density at radius 3 is 3.00 bits per heavy atom. The van der Waals surface area contributed by atoms with Crippen molar-refractivity contribution >= 4 is 35.0 Å². The Bertz CT molecular complexity index is 936. The molecular weight excluding hydrogens is 370 g/mol. The van der Waals surface area contributed by atoms with Crippen LogP contribution in [-0.4, -0.2) is 27.8 Å². The third-order valence-corrected chi connectivity index (χ3v) is 5.15. The van der Waals surface area contributed by atoms with E-state index in [1.54, 1.807) is 36.0 Å². The van der Waals surface area contributed by atoms with Crippen LogP contribution in [0, 0.1) is 0 Å². The van der Waals surface area contributed by atoms with Gasteiger partial charge in [0.15, 0.2) is 11.8 Å². The Balaban J connectivity index is 1.47. The largest absolute Gasteiger partial charge is 0.484 e. The standard InChI is InChI=1S/C19H16ClN3O2S/c20-13-4-3-5-14(10-13)25-12-18(24)21-16-7-2-1-6-15(16)17-11-23-8-9-26-19(23)22-17/h1-7,10-11H,8-9,12H2,(H,21,24). The van der Waals surface area contributed by atoms with Crippen LogP contribution in [0.2, 0.25) is 5.02 Å². The van der Waals surface area contributed by atoms with E-state index in [-0.39, 0.29) is 12.5 Å². The summed E-state index contributed by atoms with van der Waals surface area (Å²) in [6, 6.07) is 14.6. The molecule has 0 saturated carbocycles. The van der Waals surface area contributed by atoms with E-state index in [1.807, 2.05) is 30.5 Å². The number of anilines is 1. The molecule has 2 heterocycles. The van der Waals surface area contributed by atoms with E-state index >= 15 is 0 Å². The molecule has 1 aromatic heterocycles. The Hall–Kier alpha value is -2.44. The van der Waals surface area contributed by atoms with Crippen molar-refractivity contribution in [2.24, 2.45) is 0 Å². The predicted octanol–water partition coefficient (Wildman–Crippen LogP) is 4.33. The molecule has 0 bridgehead atoms. The molecule has 1 aliphatic rings. The van der Waals surface area contributed by atoms with E-state index in [9.17, 15) is 4.79 Å². The highest BCUT2D eigenvalue weighted by molar-refractivity contribution is 7.99. The normalized spacial score (nSPS) is 12.7. The van der Waals surface area contributed by atoms with Gasteiger partial charge in [0.25, 0.3) is 5.91 Å². The second-order valence-electron chi connectivity index (χ2n) is 5.79. The van der Waals surface area contributed by atoms with Crippen LogP contribution in [0.5, 0.6) is 5.75 Å². The van der Waals surface area contributed by atoms with Crippen molar-refractivity contribution in [1.82, 2.24) is 9.55 Å². The summed E-state index contributed by atoms with van der Waals surface area (Å²) in [5, 5.41) is 4.49. The molecule has 0 aliphatic carbocycles. The minimum atomic E-state index is -0.237. The summed E-state index contributed by atoms with van der Waals surface area (Å²) in [6.45, 7) is 0.874. The first-order valence-corrected chi connectivity index (χ1v) is 9.53. The number of imidazole rings is 1. The van der Waals surface area contributed by atoms with Gasteiger partial charge in [-0.1, -0.05) is 47.6 Å². The lowest BCUT2D eigenvalue weighted by Crippen LogP contribution is -2.20. The lowest BCUT2D eigenvalue weighted by molar-refractivity contribution is -0.118. The summed E-state index contributed by atoms with van der Waals surface area (Å²) in [4.78, 5) is 17.0. The first kappa shape index (κ1) is 17.0. The van der Waals surface area contributed by atoms with Crippen LogP contribution < -0.4 is 10.1 Å². The zero-order chi connectivity index (χ0) is 17.9. The molecule has 4 rings (SSSR count). The summed E-state index contributed by atoms with van der Waals surface area (Å²) in [7, 11) is 0. The number of carbonyl (C=O) groups excluding carboxylic acids is 1. The van der Waals surface area contributed by atoms with Crippen molar-refractivity contribution in [3.63, 3.8) is 0 Å². The lowest BCUT2D eigenvalue weighted by Gasteiger charge is -2.11. The fraction of sp³-hybridized carbons (Fsp3) is 0.158. The van der Waals surface area contributed by atoms with E-state index in [2.05, 4.69) is 14.9 Å². The molecular formula is C19H16ClN3O2S. The summed E-state index contributed by atoms with van der Waals surface area (Å²) < 4.78 is 7.64. The van der Waals surface area contributed by atoms with Crippen molar-refractivity contribution in [3.8, 4) is 17.0 Å². The van der Waals surface area contributed by atoms with Gasteiger partial charge in [-0.05, 0) is 24.3 Å². The Morgan fingerprint density at radius 1 is 1.27 bits per heavy atom. The third kappa shape index (κ3) is 3.71. The third-order valence-electron chi connectivity index (χ3n) is 3.95. The van der Waals surface area contributed by atoms with Gasteiger partial charge in [0, 0.05) is 29.1 Å². The maximum atomic E-state index is 12.3. The number of amides is 1. The number of hydrogen-bond donors (Lipinski definition) is 1. The second kappa shape index (κ2) is 7.43. The van der Waals surface area contributed by atoms with Crippen LogP contribution in [0.3, 0.4) is 0 Å². The van der Waals surface area contributed by atoms with Gasteiger partial charge in [-0.15, -0.1) is 0 Å². The summed E-state index contributed by atoms with van der Waals surface area (Å²) >= 11 is 7.66. The molecule has 5 nitrogen and oxygen atoms in total. The number of benzene rings is 2. The van der Waals surface area contributed by atoms with Gasteiger partial charge in [-0.2, -0.15) is 0 Å². The maximum Gasteiger partial charge on any atom is 0.262 e. The summed E-state index contributed by atoms with van der Waals surface area (Å²) in [5.74, 6) is 1.38. The number of carbonyl (C=O) groups is 1. The fourth-order valence-corrected chi connectivity index (χ4v) is 3.87. The molecule has 132 valence electrons. The minimum Gasteiger partial charge on any atom is -0.484 e. The first-order chi connectivity index (χ1) is 12.7. The monoisotopic (exact) mass is 385 g/mol. The van der Waals surface area contributed by atoms with E-state index in [4.69, 9.17) is 16.3 Å². The molecule has 0 fully saturated rings. The molecule has 3 aromatic rings. The number of nitrogens with one attached hydrogen (secondary N) is 1. The topological polar surface area (TPSA) is 56.1 Å². The van der Waals surface area contributed by atoms with Gasteiger partial charge in [0.1, 0.15) is 5.75 Å². The maximum absolute atomic E-state index is 12.3. The van der Waals surface area contributed by atoms with Crippen LogP contribution in [0.25, 0.3) is 11.3 Å². The average Bonchev–Trinajstić information content (AvgIpc) is 3.22. The molecule has 0 spiro atoms. The van der Waals surface area contributed by atoms with Crippen LogP contribution in [0.4, 0.5) is 5.69 Å². The van der Waals surface area contributed by atoms with Gasteiger partial charge < -0.3 is 14.6 Å². The predicted molar refractivity (Wildman–Crippen MR) is 104 cm³/mol. The number of halogens is 1. The molecule has 1 aliphatic heterocycles. The minimum absolute atomic E-state index is 0.0930. The van der Waals surface area contributed by atoms with Crippen molar-refractivity contribution in [2.45, 2.75) is 11.7 Å². The van der Waals surface area contributed by atoms with E-state index in [1.165, 1.54) is 0 Å². The number of nitrogens with zero attached hydrogens (tertiary/aromatic N) is 2. The molecule has 0 atom stereocenters. The summed E-state index contributed by atoms with van der Waals surface area (Å²) in [5.41, 5.74) is 2.47. The molecule has 1 N–H and O–H groups in total. The van der Waals surface area contributed by atoms with Crippen molar-refractivity contribution < 1.29 is 9.53 Å². The van der Waals surface area contributed by atoms with Crippen LogP contribution in [-0.2, 0) is 11.3 Å². The van der Waals surface area contributed by atoms with Crippen molar-refractivity contribution in [1.29, 1.82) is 0 Å². The zero-order valence-corrected chi connectivity index (χ0v) is 15.4. The van der Waals surface area contributed by atoms with E-state index in [0.29, 0.717) is 16.5 Å². The van der Waals surface area contributed by atoms with Crippen molar-refractivity contribution in [2.75, 3.05) is 17.7 Å². The van der Waals surface area contributed by atoms with Crippen LogP contribution in [0.15, 0.2) is 59.9 Å². The lowest BCUT2D eigenvalue weighted by atomic mass is 10.1. The molecule has 0 radical (unpaired) electrons. The fourth-order valence-electron chi connectivity index (χ4n) is 2.75. The smallest absolute Gasteiger partial charge is 0.262 e. The molecule has 1 amide bonds. The molecule has 7 heteroatoms. The molecule has 26 heavy (non-hydrogen) atoms. The van der Waals surface area contributed by atoms with Crippen LogP contribution in [0.1, 0.15) is 0 Å². The number of para-hydroxylation sites is 1. The molecule has 0 unspecified atom stereocenters. The van der Waals surface area contributed by atoms with Gasteiger partial charge in [0.2, 0.25) is 0 Å². The Morgan fingerprint density at radius 2 is 2.15 bits per heavy atom. The number of thioether (sulfide) groups is 1. The highest BCUT2D eigenvalue weighted by Gasteiger charge is 2.17. The van der Waals surface area contributed by atoms with E-state index in [0.717, 1.165) is 28.7 Å². The molecule has 0 saturated heterocycles. The number of aryl methyl sites for hydroxylation is 1. The first-order valence-electron chi connectivity index (χ1n) is 8.16. The van der Waals surface area contributed by atoms with Gasteiger partial charge in [0.05, 0.1) is 11.4 Å². The average molecular weight is 386 g/mol. The van der Waals surface area contributed by atoms with Crippen LogP contribution >= 0.6 is 23.4 Å². The Labute approximate surface area is 160 Å². The molecule has 2 aromatic carbocycles. The van der Waals surface area contributed by atoms with Gasteiger partial charge in [-0.3, -0.25) is 4.79 Å². The quantitative estimate of drug-likeness (QED) is 0.710. The van der Waals surface area contributed by atoms with Crippen molar-refractivity contribution in [3.05, 3.63) is 59.8 Å². The highest BCUT2D eigenvalue weighted by atomic mass is 35.5. The highest BCUT2D eigenvalue weighted by Crippen LogP contribution is 2.32. The SMILES string of the molecule is O=C(COc1cccc(Cl)c1)Nc1ccccc1-c1cn2c(n1)SCC2. The number of rotatable bonds is 5. The number of aromatic nitrogens is 2. The Kier molecular flexibility index (Phi) is 4.86. The van der Waals surface area contributed by atoms with Gasteiger partial charge in [-0.25, -0.2) is 4.98 Å². The summed E-state index contributed by atoms with van der Waals surface area (Å²) in [6.07, 6.45) is 2.03. The van der Waals surface area contributed by atoms with Gasteiger partial charge >= 0.3 is 0 Å². The number of hydrogen-bond acceptors (Lipinski definition) is 4. The zero-order valence-electron chi connectivity index (χ0n) is 13.8. The van der Waals surface area contributed by atoms with E-state index < -0.39 is 0 Å².